The average molecular weight is 475 g/mol. The number of nitrogens with one attached hydrogen (secondary N) is 2. The van der Waals surface area contributed by atoms with Gasteiger partial charge in [-0.1, -0.05) is 13.8 Å². The molecule has 1 saturated carbocycles. The van der Waals surface area contributed by atoms with Crippen molar-refractivity contribution in [1.29, 1.82) is 0 Å². The molecule has 2 N–H and O–H groups in total. The zero-order valence-corrected chi connectivity index (χ0v) is 19.3. The Morgan fingerprint density at radius 1 is 1.00 bits per heavy atom. The van der Waals surface area contributed by atoms with Crippen molar-refractivity contribution in [2.75, 3.05) is 23.8 Å². The summed E-state index contributed by atoms with van der Waals surface area (Å²) in [6.07, 6.45) is 6.37. The maximum absolute atomic E-state index is 14.4. The summed E-state index contributed by atoms with van der Waals surface area (Å²) in [5.41, 5.74) is 0.682. The summed E-state index contributed by atoms with van der Waals surface area (Å²) >= 11 is 0. The second-order valence-corrected chi connectivity index (χ2v) is 9.58. The number of hydrogen-bond acceptors (Lipinski definition) is 6. The van der Waals surface area contributed by atoms with Crippen LogP contribution >= 0.6 is 0 Å². The molecule has 3 aromatic rings. The lowest BCUT2D eigenvalue weighted by molar-refractivity contribution is 0.0536. The molecule has 182 valence electrons. The van der Waals surface area contributed by atoms with Crippen LogP contribution in [-0.2, 0) is 4.74 Å². The Kier molecular flexibility index (Phi) is 6.33. The molecule has 2 atom stereocenters. The Bertz CT molecular complexity index is 1150. The smallest absolute Gasteiger partial charge is 0.224 e. The van der Waals surface area contributed by atoms with E-state index in [0.29, 0.717) is 54.3 Å². The van der Waals surface area contributed by atoms with E-state index in [2.05, 4.69) is 34.4 Å². The third kappa shape index (κ3) is 4.55. The molecule has 7 nitrogen and oxygen atoms in total. The highest BCUT2D eigenvalue weighted by Crippen LogP contribution is 2.37. The van der Waals surface area contributed by atoms with Gasteiger partial charge in [0.05, 0.1) is 12.8 Å². The minimum Gasteiger partial charge on any atom is -0.381 e. The summed E-state index contributed by atoms with van der Waals surface area (Å²) in [5.74, 6) is -1.31. The maximum atomic E-state index is 14.4. The monoisotopic (exact) mass is 474 g/mol. The SMILES string of the molecule is CC1CCC(n2c(Nc3c(F)cc(F)cc3F)nc3cnc(N[C@H]4CCOC[C@@H]4C)nc32)CC1. The summed E-state index contributed by atoms with van der Waals surface area (Å²) in [6, 6.07) is 1.56. The van der Waals surface area contributed by atoms with Crippen LogP contribution in [0.1, 0.15) is 52.0 Å². The van der Waals surface area contributed by atoms with E-state index < -0.39 is 23.1 Å². The molecule has 34 heavy (non-hydrogen) atoms. The summed E-state index contributed by atoms with van der Waals surface area (Å²) in [5, 5.41) is 6.19. The molecule has 10 heteroatoms. The molecule has 2 aliphatic rings. The number of fused-ring (bicyclic) bond motifs is 1. The molecule has 2 aromatic heterocycles. The van der Waals surface area contributed by atoms with Crippen LogP contribution < -0.4 is 10.6 Å². The maximum Gasteiger partial charge on any atom is 0.224 e. The van der Waals surface area contributed by atoms with Gasteiger partial charge in [0.25, 0.3) is 0 Å². The van der Waals surface area contributed by atoms with Gasteiger partial charge in [-0.2, -0.15) is 4.98 Å². The molecule has 1 aliphatic heterocycles. The van der Waals surface area contributed by atoms with E-state index in [9.17, 15) is 13.2 Å². The second-order valence-electron chi connectivity index (χ2n) is 9.58. The molecule has 1 aliphatic carbocycles. The van der Waals surface area contributed by atoms with E-state index in [-0.39, 0.29) is 18.0 Å². The summed E-state index contributed by atoms with van der Waals surface area (Å²) in [4.78, 5) is 13.8. The number of aromatic nitrogens is 4. The van der Waals surface area contributed by atoms with E-state index in [1.165, 1.54) is 0 Å². The predicted molar refractivity (Wildman–Crippen MR) is 124 cm³/mol. The first-order valence-electron chi connectivity index (χ1n) is 11.9. The van der Waals surface area contributed by atoms with Crippen LogP contribution in [0.2, 0.25) is 0 Å². The number of hydrogen-bond donors (Lipinski definition) is 2. The van der Waals surface area contributed by atoms with Crippen molar-refractivity contribution >= 4 is 28.7 Å². The van der Waals surface area contributed by atoms with Crippen LogP contribution in [0.25, 0.3) is 11.2 Å². The van der Waals surface area contributed by atoms with Crippen molar-refractivity contribution in [1.82, 2.24) is 19.5 Å². The fourth-order valence-electron chi connectivity index (χ4n) is 4.93. The Hall–Kier alpha value is -2.88. The number of benzene rings is 1. The van der Waals surface area contributed by atoms with E-state index in [1.807, 2.05) is 4.57 Å². The van der Waals surface area contributed by atoms with E-state index >= 15 is 0 Å². The van der Waals surface area contributed by atoms with Gasteiger partial charge in [-0.25, -0.2) is 23.1 Å². The lowest BCUT2D eigenvalue weighted by Crippen LogP contribution is -2.36. The standard InChI is InChI=1S/C24H29F3N6O/c1-13-3-5-16(6-4-13)33-22-20(11-28-23(32-22)29-19-7-8-34-12-14(19)2)30-24(33)31-21-17(26)9-15(25)10-18(21)27/h9-11,13-14,16,19H,3-8,12H2,1-2H3,(H,30,31)(H,28,29,32)/t13?,14-,16?,19-/m0/s1. The molecule has 0 radical (unpaired) electrons. The number of anilines is 3. The van der Waals surface area contributed by atoms with Crippen LogP contribution in [0.4, 0.5) is 30.8 Å². The highest BCUT2D eigenvalue weighted by atomic mass is 19.1. The fraction of sp³-hybridized carbons (Fsp3) is 0.542. The van der Waals surface area contributed by atoms with Crippen molar-refractivity contribution in [2.24, 2.45) is 11.8 Å². The first-order chi connectivity index (χ1) is 16.4. The molecular formula is C24H29F3N6O. The van der Waals surface area contributed by atoms with E-state index in [4.69, 9.17) is 9.72 Å². The molecule has 0 spiro atoms. The predicted octanol–water partition coefficient (Wildman–Crippen LogP) is 5.58. The second kappa shape index (κ2) is 9.40. The molecule has 5 rings (SSSR count). The van der Waals surface area contributed by atoms with E-state index in [0.717, 1.165) is 32.1 Å². The van der Waals surface area contributed by atoms with Crippen molar-refractivity contribution in [2.45, 2.75) is 58.0 Å². The van der Waals surface area contributed by atoms with Crippen LogP contribution in [0, 0.1) is 29.3 Å². The lowest BCUT2D eigenvalue weighted by atomic mass is 9.87. The fourth-order valence-corrected chi connectivity index (χ4v) is 4.93. The minimum absolute atomic E-state index is 0.0695. The molecule has 0 amide bonds. The van der Waals surface area contributed by atoms with Gasteiger partial charge in [0.1, 0.15) is 17.0 Å². The van der Waals surface area contributed by atoms with Gasteiger partial charge in [0, 0.05) is 30.8 Å². The summed E-state index contributed by atoms with van der Waals surface area (Å²) < 4.78 is 49.7. The van der Waals surface area contributed by atoms with Gasteiger partial charge in [-0.3, -0.25) is 4.57 Å². The zero-order valence-electron chi connectivity index (χ0n) is 19.3. The Morgan fingerprint density at radius 3 is 2.44 bits per heavy atom. The van der Waals surface area contributed by atoms with Gasteiger partial charge in [0.15, 0.2) is 17.3 Å². The quantitative estimate of drug-likeness (QED) is 0.503. The van der Waals surface area contributed by atoms with Crippen LogP contribution in [0.15, 0.2) is 18.3 Å². The Morgan fingerprint density at radius 2 is 1.74 bits per heavy atom. The van der Waals surface area contributed by atoms with Crippen LogP contribution in [-0.4, -0.2) is 38.8 Å². The van der Waals surface area contributed by atoms with Gasteiger partial charge < -0.3 is 15.4 Å². The van der Waals surface area contributed by atoms with Gasteiger partial charge in [-0.15, -0.1) is 0 Å². The van der Waals surface area contributed by atoms with Crippen LogP contribution in [0.5, 0.6) is 0 Å². The van der Waals surface area contributed by atoms with Crippen molar-refractivity contribution in [3.8, 4) is 0 Å². The molecule has 0 unspecified atom stereocenters. The molecular weight excluding hydrogens is 445 g/mol. The zero-order chi connectivity index (χ0) is 23.8. The minimum atomic E-state index is -1.02. The normalized spacial score (nSPS) is 25.4. The summed E-state index contributed by atoms with van der Waals surface area (Å²) in [6.45, 7) is 5.72. The van der Waals surface area contributed by atoms with Gasteiger partial charge in [0.2, 0.25) is 11.9 Å². The average Bonchev–Trinajstić information content (AvgIpc) is 3.16. The van der Waals surface area contributed by atoms with Crippen LogP contribution in [0.3, 0.4) is 0 Å². The molecule has 3 heterocycles. The highest BCUT2D eigenvalue weighted by Gasteiger charge is 2.27. The van der Waals surface area contributed by atoms with Crippen molar-refractivity contribution < 1.29 is 17.9 Å². The van der Waals surface area contributed by atoms with Gasteiger partial charge >= 0.3 is 0 Å². The van der Waals surface area contributed by atoms with Crippen molar-refractivity contribution in [3.05, 3.63) is 35.8 Å². The molecule has 2 fully saturated rings. The largest absolute Gasteiger partial charge is 0.381 e. The first-order valence-corrected chi connectivity index (χ1v) is 11.9. The highest BCUT2D eigenvalue weighted by molar-refractivity contribution is 5.76. The molecule has 1 saturated heterocycles. The third-order valence-electron chi connectivity index (χ3n) is 6.98. The molecule has 0 bridgehead atoms. The number of rotatable bonds is 5. The third-order valence-corrected chi connectivity index (χ3v) is 6.98. The van der Waals surface area contributed by atoms with Gasteiger partial charge in [-0.05, 0) is 43.9 Å². The number of nitrogens with zero attached hydrogens (tertiary/aromatic N) is 4. The number of halogens is 3. The van der Waals surface area contributed by atoms with E-state index in [1.54, 1.807) is 6.20 Å². The Balaban J connectivity index is 1.54. The summed E-state index contributed by atoms with van der Waals surface area (Å²) in [7, 11) is 0. The lowest BCUT2D eigenvalue weighted by Gasteiger charge is -2.30. The topological polar surface area (TPSA) is 76.9 Å². The van der Waals surface area contributed by atoms with Crippen molar-refractivity contribution in [3.63, 3.8) is 0 Å². The first kappa shape index (κ1) is 22.9. The Labute approximate surface area is 196 Å². The molecule has 1 aromatic carbocycles. The number of imidazole rings is 1. The number of ether oxygens (including phenoxy) is 1.